The first-order valence-electron chi connectivity index (χ1n) is 11.5. The molecule has 4 aromatic carbocycles. The predicted octanol–water partition coefficient (Wildman–Crippen LogP) is 8.04. The molecule has 0 unspecified atom stereocenters. The van der Waals surface area contributed by atoms with E-state index in [-0.39, 0.29) is 5.56 Å². The number of fused-ring (bicyclic) bond motifs is 2. The number of rotatable bonds is 3. The van der Waals surface area contributed by atoms with E-state index in [1.165, 1.54) is 0 Å². The van der Waals surface area contributed by atoms with Gasteiger partial charge in [0.25, 0.3) is 5.56 Å². The smallest absolute Gasteiger partial charge is 0.258 e. The first-order chi connectivity index (χ1) is 17.1. The molecule has 0 bridgehead atoms. The molecule has 0 radical (unpaired) electrons. The highest BCUT2D eigenvalue weighted by molar-refractivity contribution is 6.31. The number of aromatic amines is 1. The molecule has 0 fully saturated rings. The maximum atomic E-state index is 13.6. The van der Waals surface area contributed by atoms with Crippen LogP contribution in [0, 0.1) is 6.92 Å². The molecular formula is C31H21ClN2O. The van der Waals surface area contributed by atoms with E-state index in [2.05, 4.69) is 30.1 Å². The molecule has 6 aromatic rings. The fraction of sp³-hybridized carbons (Fsp3) is 0.0323. The topological polar surface area (TPSA) is 45.8 Å². The molecule has 4 heteroatoms. The lowest BCUT2D eigenvalue weighted by Crippen LogP contribution is -2.12. The van der Waals surface area contributed by atoms with Crippen LogP contribution < -0.4 is 5.56 Å². The third-order valence-corrected chi connectivity index (χ3v) is 6.58. The summed E-state index contributed by atoms with van der Waals surface area (Å²) < 4.78 is 0. The van der Waals surface area contributed by atoms with Gasteiger partial charge in [-0.15, -0.1) is 0 Å². The average molecular weight is 473 g/mol. The molecule has 2 aromatic heterocycles. The van der Waals surface area contributed by atoms with Crippen LogP contribution in [0.3, 0.4) is 0 Å². The molecule has 2 heterocycles. The van der Waals surface area contributed by atoms with Gasteiger partial charge in [-0.2, -0.15) is 0 Å². The zero-order valence-corrected chi connectivity index (χ0v) is 19.8. The summed E-state index contributed by atoms with van der Waals surface area (Å²) in [6, 6.07) is 34.0. The van der Waals surface area contributed by atoms with Crippen molar-refractivity contribution in [2.45, 2.75) is 6.92 Å². The molecule has 35 heavy (non-hydrogen) atoms. The summed E-state index contributed by atoms with van der Waals surface area (Å²) >= 11 is 6.36. The van der Waals surface area contributed by atoms with E-state index in [9.17, 15) is 4.79 Å². The van der Waals surface area contributed by atoms with Gasteiger partial charge in [-0.3, -0.25) is 4.79 Å². The van der Waals surface area contributed by atoms with Crippen molar-refractivity contribution in [1.29, 1.82) is 0 Å². The van der Waals surface area contributed by atoms with Gasteiger partial charge in [0.1, 0.15) is 0 Å². The summed E-state index contributed by atoms with van der Waals surface area (Å²) in [5.74, 6) is 0. The second-order valence-electron chi connectivity index (χ2n) is 8.70. The molecule has 0 saturated carbocycles. The highest BCUT2D eigenvalue weighted by Crippen LogP contribution is 2.38. The van der Waals surface area contributed by atoms with Crippen molar-refractivity contribution in [2.24, 2.45) is 0 Å². The minimum atomic E-state index is -0.167. The molecule has 168 valence electrons. The van der Waals surface area contributed by atoms with Crippen molar-refractivity contribution in [3.8, 4) is 33.5 Å². The molecule has 0 aliphatic heterocycles. The zero-order valence-electron chi connectivity index (χ0n) is 19.0. The quantitative estimate of drug-likeness (QED) is 0.283. The first-order valence-corrected chi connectivity index (χ1v) is 11.8. The van der Waals surface area contributed by atoms with Crippen molar-refractivity contribution < 1.29 is 0 Å². The minimum Gasteiger partial charge on any atom is -0.321 e. The van der Waals surface area contributed by atoms with Crippen molar-refractivity contribution in [2.75, 3.05) is 0 Å². The van der Waals surface area contributed by atoms with Gasteiger partial charge in [-0.1, -0.05) is 83.9 Å². The van der Waals surface area contributed by atoms with Crippen molar-refractivity contribution >= 4 is 33.4 Å². The zero-order chi connectivity index (χ0) is 23.9. The SMILES string of the molecule is Cc1ccc2[nH]c(=O)c(-c3cc(-c4ccccc4)c4cc(Cl)ccc4n3)c(-c3ccccc3)c2c1. The van der Waals surface area contributed by atoms with E-state index in [1.54, 1.807) is 0 Å². The Morgan fingerprint density at radius 3 is 2.17 bits per heavy atom. The Kier molecular flexibility index (Phi) is 5.20. The van der Waals surface area contributed by atoms with Crippen LogP contribution in [0.2, 0.25) is 5.02 Å². The molecule has 0 atom stereocenters. The average Bonchev–Trinajstić information content (AvgIpc) is 2.88. The number of hydrogen-bond donors (Lipinski definition) is 1. The van der Waals surface area contributed by atoms with E-state index >= 15 is 0 Å². The number of nitrogens with zero attached hydrogens (tertiary/aromatic N) is 1. The predicted molar refractivity (Wildman–Crippen MR) is 146 cm³/mol. The van der Waals surface area contributed by atoms with E-state index in [1.807, 2.05) is 84.9 Å². The lowest BCUT2D eigenvalue weighted by atomic mass is 9.92. The molecule has 1 N–H and O–H groups in total. The normalized spacial score (nSPS) is 11.3. The molecule has 3 nitrogen and oxygen atoms in total. The maximum Gasteiger partial charge on any atom is 0.258 e. The summed E-state index contributed by atoms with van der Waals surface area (Å²) in [6.45, 7) is 2.06. The van der Waals surface area contributed by atoms with Gasteiger partial charge in [-0.05, 0) is 60.0 Å². The number of aryl methyl sites for hydroxylation is 1. The summed E-state index contributed by atoms with van der Waals surface area (Å²) in [5.41, 5.74) is 7.61. The van der Waals surface area contributed by atoms with Gasteiger partial charge in [0.2, 0.25) is 0 Å². The largest absolute Gasteiger partial charge is 0.321 e. The lowest BCUT2D eigenvalue weighted by Gasteiger charge is -2.16. The van der Waals surface area contributed by atoms with Crippen LogP contribution >= 0.6 is 11.6 Å². The van der Waals surface area contributed by atoms with Crippen molar-refractivity contribution in [3.63, 3.8) is 0 Å². The van der Waals surface area contributed by atoms with Gasteiger partial charge in [0.05, 0.1) is 16.8 Å². The van der Waals surface area contributed by atoms with E-state index in [0.29, 0.717) is 16.3 Å². The molecule has 0 aliphatic carbocycles. The number of aromatic nitrogens is 2. The fourth-order valence-electron chi connectivity index (χ4n) is 4.74. The Bertz CT molecular complexity index is 1770. The molecule has 0 amide bonds. The molecule has 0 saturated heterocycles. The van der Waals surface area contributed by atoms with Gasteiger partial charge >= 0.3 is 0 Å². The standard InChI is InChI=1S/C31H21ClN2O/c1-19-12-14-27-25(16-19)29(21-10-6-3-7-11-21)30(31(35)34-27)28-18-23(20-8-4-2-5-9-20)24-17-22(32)13-15-26(24)33-28/h2-18H,1H3,(H,34,35). The Morgan fingerprint density at radius 2 is 1.43 bits per heavy atom. The third kappa shape index (κ3) is 3.80. The molecular weight excluding hydrogens is 452 g/mol. The van der Waals surface area contributed by atoms with Crippen LogP contribution in [-0.4, -0.2) is 9.97 Å². The second kappa shape index (κ2) is 8.53. The monoisotopic (exact) mass is 472 g/mol. The van der Waals surface area contributed by atoms with Crippen LogP contribution in [0.5, 0.6) is 0 Å². The lowest BCUT2D eigenvalue weighted by molar-refractivity contribution is 1.28. The summed E-state index contributed by atoms with van der Waals surface area (Å²) in [6.07, 6.45) is 0. The molecule has 0 spiro atoms. The summed E-state index contributed by atoms with van der Waals surface area (Å²) in [5, 5.41) is 2.58. The number of pyridine rings is 2. The Balaban J connectivity index is 1.76. The van der Waals surface area contributed by atoms with Crippen LogP contribution in [0.25, 0.3) is 55.3 Å². The summed E-state index contributed by atoms with van der Waals surface area (Å²) in [7, 11) is 0. The van der Waals surface area contributed by atoms with E-state index in [4.69, 9.17) is 16.6 Å². The van der Waals surface area contributed by atoms with E-state index in [0.717, 1.165) is 49.6 Å². The Morgan fingerprint density at radius 1 is 0.714 bits per heavy atom. The number of hydrogen-bond acceptors (Lipinski definition) is 2. The van der Waals surface area contributed by atoms with Crippen LogP contribution in [0.1, 0.15) is 5.56 Å². The van der Waals surface area contributed by atoms with Crippen LogP contribution in [-0.2, 0) is 0 Å². The second-order valence-corrected chi connectivity index (χ2v) is 9.14. The van der Waals surface area contributed by atoms with Crippen molar-refractivity contribution in [3.05, 3.63) is 124 Å². The number of benzene rings is 4. The number of nitrogens with one attached hydrogen (secondary N) is 1. The van der Waals surface area contributed by atoms with Gasteiger partial charge in [0, 0.05) is 26.9 Å². The van der Waals surface area contributed by atoms with Crippen molar-refractivity contribution in [1.82, 2.24) is 9.97 Å². The van der Waals surface area contributed by atoms with E-state index < -0.39 is 0 Å². The minimum absolute atomic E-state index is 0.167. The Hall–Kier alpha value is -4.21. The molecule has 0 aliphatic rings. The highest BCUT2D eigenvalue weighted by atomic mass is 35.5. The maximum absolute atomic E-state index is 13.6. The summed E-state index contributed by atoms with van der Waals surface area (Å²) in [4.78, 5) is 21.7. The number of halogens is 1. The van der Waals surface area contributed by atoms with Gasteiger partial charge < -0.3 is 4.98 Å². The fourth-order valence-corrected chi connectivity index (χ4v) is 4.91. The Labute approximate surface area is 207 Å². The number of H-pyrrole nitrogens is 1. The first kappa shape index (κ1) is 21.3. The van der Waals surface area contributed by atoms with Crippen LogP contribution in [0.15, 0.2) is 108 Å². The van der Waals surface area contributed by atoms with Gasteiger partial charge in [0.15, 0.2) is 0 Å². The third-order valence-electron chi connectivity index (χ3n) is 6.34. The molecule has 6 rings (SSSR count). The van der Waals surface area contributed by atoms with Crippen LogP contribution in [0.4, 0.5) is 0 Å². The highest BCUT2D eigenvalue weighted by Gasteiger charge is 2.19. The van der Waals surface area contributed by atoms with Gasteiger partial charge in [-0.25, -0.2) is 4.98 Å².